The zero-order valence-electron chi connectivity index (χ0n) is 13.0. The van der Waals surface area contributed by atoms with Crippen molar-refractivity contribution < 1.29 is 14.3 Å². The maximum Gasteiger partial charge on any atom is 0.337 e. The Morgan fingerprint density at radius 2 is 2.12 bits per heavy atom. The summed E-state index contributed by atoms with van der Waals surface area (Å²) in [6.45, 7) is -0.129. The minimum Gasteiger partial charge on any atom is -0.395 e. The first-order chi connectivity index (χ1) is 11.9. The number of aromatic nitrogens is 3. The molecule has 10 heteroatoms. The second kappa shape index (κ2) is 6.57. The first-order valence-electron chi connectivity index (χ1n) is 7.21. The van der Waals surface area contributed by atoms with E-state index in [1.165, 1.54) is 19.2 Å². The number of hydrogen-bond acceptors (Lipinski definition) is 6. The van der Waals surface area contributed by atoms with Crippen LogP contribution in [0.25, 0.3) is 15.8 Å². The molecule has 130 valence electrons. The number of aliphatic hydroxyl groups excluding tert-OH is 1. The van der Waals surface area contributed by atoms with E-state index in [-0.39, 0.29) is 24.5 Å². The van der Waals surface area contributed by atoms with Gasteiger partial charge >= 0.3 is 5.69 Å². The Balaban J connectivity index is 2.17. The molecule has 0 spiro atoms. The molecule has 0 unspecified atom stereocenters. The number of aliphatic hydroxyl groups is 1. The van der Waals surface area contributed by atoms with Crippen molar-refractivity contribution in [1.82, 2.24) is 18.8 Å². The summed E-state index contributed by atoms with van der Waals surface area (Å²) in [5.74, 6) is -1.41. The Bertz CT molecular complexity index is 1090. The van der Waals surface area contributed by atoms with E-state index in [2.05, 4.69) is 9.69 Å². The molecular formula is C15H13FN4O4S. The summed E-state index contributed by atoms with van der Waals surface area (Å²) in [4.78, 5) is 36.3. The monoisotopic (exact) mass is 364 g/mol. The number of fused-ring (bicyclic) bond motifs is 1. The normalized spacial score (nSPS) is 11.0. The molecule has 0 fully saturated rings. The zero-order valence-corrected chi connectivity index (χ0v) is 13.8. The average molecular weight is 364 g/mol. The van der Waals surface area contributed by atoms with Crippen LogP contribution in [0, 0.1) is 5.95 Å². The van der Waals surface area contributed by atoms with Gasteiger partial charge in [0, 0.05) is 19.0 Å². The van der Waals surface area contributed by atoms with E-state index in [1.807, 2.05) is 0 Å². The molecule has 2 N–H and O–H groups in total. The van der Waals surface area contributed by atoms with E-state index in [0.717, 1.165) is 16.1 Å². The number of hydrogen-bond donors (Lipinski definition) is 2. The van der Waals surface area contributed by atoms with Crippen molar-refractivity contribution in [1.29, 1.82) is 0 Å². The maximum atomic E-state index is 13.5. The summed E-state index contributed by atoms with van der Waals surface area (Å²) in [6.07, 6.45) is 0. The number of halogens is 1. The average Bonchev–Trinajstić information content (AvgIpc) is 3.01. The summed E-state index contributed by atoms with van der Waals surface area (Å²) in [5, 5.41) is 11.7. The number of carbonyl (C=O) groups excluding carboxylic acids is 1. The third kappa shape index (κ3) is 2.96. The SMILES string of the molecule is Cn1c(F)cc(=O)n(-c2ccc3snc(C(=O)NCCO)c3c2)c1=O. The molecule has 25 heavy (non-hydrogen) atoms. The summed E-state index contributed by atoms with van der Waals surface area (Å²) >= 11 is 1.09. The van der Waals surface area contributed by atoms with Crippen LogP contribution in [-0.4, -0.2) is 37.7 Å². The van der Waals surface area contributed by atoms with Crippen molar-refractivity contribution in [2.24, 2.45) is 7.05 Å². The topological polar surface area (TPSA) is 106 Å². The summed E-state index contributed by atoms with van der Waals surface area (Å²) in [7, 11) is 1.21. The van der Waals surface area contributed by atoms with Gasteiger partial charge in [-0.15, -0.1) is 0 Å². The lowest BCUT2D eigenvalue weighted by molar-refractivity contribution is 0.0942. The van der Waals surface area contributed by atoms with Gasteiger partial charge in [-0.05, 0) is 29.7 Å². The Labute approximate surface area is 143 Å². The van der Waals surface area contributed by atoms with Crippen molar-refractivity contribution in [2.45, 2.75) is 0 Å². The van der Waals surface area contributed by atoms with E-state index in [1.54, 1.807) is 6.07 Å². The van der Waals surface area contributed by atoms with Crippen LogP contribution in [0.3, 0.4) is 0 Å². The number of benzene rings is 1. The van der Waals surface area contributed by atoms with Crippen LogP contribution < -0.4 is 16.6 Å². The number of nitrogens with zero attached hydrogens (tertiary/aromatic N) is 3. The fourth-order valence-electron chi connectivity index (χ4n) is 2.32. The maximum absolute atomic E-state index is 13.5. The minimum absolute atomic E-state index is 0.0789. The molecule has 0 bridgehead atoms. The van der Waals surface area contributed by atoms with Crippen LogP contribution in [0.15, 0.2) is 33.9 Å². The van der Waals surface area contributed by atoms with Crippen LogP contribution in [0.4, 0.5) is 4.39 Å². The van der Waals surface area contributed by atoms with Gasteiger partial charge in [0.05, 0.1) is 23.1 Å². The van der Waals surface area contributed by atoms with Crippen molar-refractivity contribution in [3.05, 3.63) is 56.7 Å². The molecule has 0 aliphatic rings. The Morgan fingerprint density at radius 1 is 1.36 bits per heavy atom. The van der Waals surface area contributed by atoms with E-state index in [0.29, 0.717) is 20.7 Å². The lowest BCUT2D eigenvalue weighted by Gasteiger charge is -2.08. The largest absolute Gasteiger partial charge is 0.395 e. The summed E-state index contributed by atoms with van der Waals surface area (Å²) in [5.41, 5.74) is -1.31. The predicted molar refractivity (Wildman–Crippen MR) is 89.8 cm³/mol. The number of nitrogens with one attached hydrogen (secondary N) is 1. The highest BCUT2D eigenvalue weighted by atomic mass is 32.1. The number of rotatable bonds is 4. The smallest absolute Gasteiger partial charge is 0.337 e. The molecule has 0 radical (unpaired) electrons. The summed E-state index contributed by atoms with van der Waals surface area (Å²) < 4.78 is 19.8. The van der Waals surface area contributed by atoms with Crippen LogP contribution >= 0.6 is 11.5 Å². The molecule has 0 aliphatic carbocycles. The Hall–Kier alpha value is -2.85. The van der Waals surface area contributed by atoms with Crippen molar-refractivity contribution in [2.75, 3.05) is 13.2 Å². The van der Waals surface area contributed by atoms with Crippen LogP contribution in [-0.2, 0) is 7.05 Å². The Kier molecular flexibility index (Phi) is 4.47. The fraction of sp³-hybridized carbons (Fsp3) is 0.200. The molecule has 2 aromatic heterocycles. The third-order valence-electron chi connectivity index (χ3n) is 3.59. The molecule has 0 aliphatic heterocycles. The highest BCUT2D eigenvalue weighted by molar-refractivity contribution is 7.13. The second-order valence-corrected chi connectivity index (χ2v) is 5.98. The quantitative estimate of drug-likeness (QED) is 0.634. The Morgan fingerprint density at radius 3 is 2.84 bits per heavy atom. The van der Waals surface area contributed by atoms with Gasteiger partial charge in [-0.1, -0.05) is 0 Å². The molecule has 8 nitrogen and oxygen atoms in total. The number of amides is 1. The van der Waals surface area contributed by atoms with Gasteiger partial charge in [0.15, 0.2) is 0 Å². The number of carbonyl (C=O) groups is 1. The van der Waals surface area contributed by atoms with Gasteiger partial charge in [-0.25, -0.2) is 9.36 Å². The molecule has 1 aromatic carbocycles. The zero-order chi connectivity index (χ0) is 18.1. The molecule has 0 saturated carbocycles. The lowest BCUT2D eigenvalue weighted by atomic mass is 10.2. The summed E-state index contributed by atoms with van der Waals surface area (Å²) in [6, 6.07) is 5.34. The lowest BCUT2D eigenvalue weighted by Crippen LogP contribution is -2.38. The first-order valence-corrected chi connectivity index (χ1v) is 7.99. The fourth-order valence-corrected chi connectivity index (χ4v) is 3.07. The van der Waals surface area contributed by atoms with E-state index < -0.39 is 23.1 Å². The molecule has 0 saturated heterocycles. The molecule has 3 aromatic rings. The molecule has 3 rings (SSSR count). The third-order valence-corrected chi connectivity index (χ3v) is 4.41. The molecule has 2 heterocycles. The highest BCUT2D eigenvalue weighted by Gasteiger charge is 2.16. The molecule has 0 atom stereocenters. The van der Waals surface area contributed by atoms with Crippen molar-refractivity contribution in [3.63, 3.8) is 0 Å². The van der Waals surface area contributed by atoms with Crippen molar-refractivity contribution in [3.8, 4) is 5.69 Å². The minimum atomic E-state index is -0.936. The van der Waals surface area contributed by atoms with Gasteiger partial charge in [0.25, 0.3) is 11.5 Å². The van der Waals surface area contributed by atoms with Gasteiger partial charge in [-0.2, -0.15) is 8.76 Å². The predicted octanol–water partition coefficient (Wildman–Crippen LogP) is 0.00710. The van der Waals surface area contributed by atoms with Crippen molar-refractivity contribution >= 4 is 27.5 Å². The van der Waals surface area contributed by atoms with Gasteiger partial charge < -0.3 is 10.4 Å². The second-order valence-electron chi connectivity index (χ2n) is 5.17. The standard InChI is InChI=1S/C15H13FN4O4S/c1-19-11(16)7-12(22)20(15(19)24)8-2-3-10-9(6-8)13(18-25-10)14(23)17-4-5-21/h2-3,6-7,21H,4-5H2,1H3,(H,17,23). The molecular weight excluding hydrogens is 351 g/mol. The van der Waals surface area contributed by atoms with Crippen LogP contribution in [0.5, 0.6) is 0 Å². The molecule has 1 amide bonds. The first kappa shape index (κ1) is 17.0. The van der Waals surface area contributed by atoms with Gasteiger partial charge in [0.2, 0.25) is 5.95 Å². The van der Waals surface area contributed by atoms with E-state index >= 15 is 0 Å². The van der Waals surface area contributed by atoms with E-state index in [4.69, 9.17) is 5.11 Å². The van der Waals surface area contributed by atoms with Gasteiger partial charge in [-0.3, -0.25) is 14.2 Å². The van der Waals surface area contributed by atoms with Crippen LogP contribution in [0.1, 0.15) is 10.5 Å². The van der Waals surface area contributed by atoms with Gasteiger partial charge in [0.1, 0.15) is 5.69 Å². The van der Waals surface area contributed by atoms with Crippen LogP contribution in [0.2, 0.25) is 0 Å². The highest BCUT2D eigenvalue weighted by Crippen LogP contribution is 2.24. The van der Waals surface area contributed by atoms with E-state index in [9.17, 15) is 18.8 Å².